The highest BCUT2D eigenvalue weighted by atomic mass is 16.7. The summed E-state index contributed by atoms with van der Waals surface area (Å²) in [4.78, 5) is 2.35. The molecule has 2 aliphatic heterocycles. The number of morpholine rings is 1. The van der Waals surface area contributed by atoms with Crippen molar-refractivity contribution in [2.45, 2.75) is 38.9 Å². The zero-order chi connectivity index (χ0) is 19.1. The van der Waals surface area contributed by atoms with E-state index in [9.17, 15) is 0 Å². The number of hydrogen-bond donors (Lipinski definition) is 0. The normalized spacial score (nSPS) is 22.4. The van der Waals surface area contributed by atoms with Gasteiger partial charge in [0.15, 0.2) is 0 Å². The fourth-order valence-corrected chi connectivity index (χ4v) is 3.34. The van der Waals surface area contributed by atoms with Crippen LogP contribution in [0.15, 0.2) is 24.5 Å². The van der Waals surface area contributed by atoms with Gasteiger partial charge in [0.25, 0.3) is 0 Å². The maximum atomic E-state index is 6.16. The number of pyridine rings is 1. The summed E-state index contributed by atoms with van der Waals surface area (Å²) in [5.74, 6) is 0.805. The first-order valence-corrected chi connectivity index (χ1v) is 9.62. The first-order valence-electron chi connectivity index (χ1n) is 9.62. The molecule has 0 aromatic carbocycles. The number of nitrogens with zero attached hydrogens (tertiary/aromatic N) is 3. The Kier molecular flexibility index (Phi) is 4.92. The van der Waals surface area contributed by atoms with E-state index in [-0.39, 0.29) is 11.2 Å². The smallest absolute Gasteiger partial charge is 0.491 e. The van der Waals surface area contributed by atoms with Crippen molar-refractivity contribution in [2.75, 3.05) is 39.5 Å². The number of aromatic nitrogens is 2. The summed E-state index contributed by atoms with van der Waals surface area (Å²) in [6.45, 7) is 13.3. The van der Waals surface area contributed by atoms with Crippen LogP contribution in [-0.4, -0.2) is 72.3 Å². The molecule has 27 heavy (non-hydrogen) atoms. The first kappa shape index (κ1) is 18.7. The Morgan fingerprint density at radius 1 is 1.11 bits per heavy atom. The topological polar surface area (TPSA) is 57.5 Å². The lowest BCUT2D eigenvalue weighted by Gasteiger charge is -2.32. The number of hydrogen-bond acceptors (Lipinski definition) is 6. The molecule has 2 aromatic heterocycles. The van der Waals surface area contributed by atoms with Crippen molar-refractivity contribution in [3.05, 3.63) is 24.5 Å². The number of rotatable bonds is 5. The molecule has 4 rings (SSSR count). The van der Waals surface area contributed by atoms with Crippen LogP contribution in [0.2, 0.25) is 0 Å². The highest BCUT2D eigenvalue weighted by molar-refractivity contribution is 6.64. The lowest BCUT2D eigenvalue weighted by Crippen LogP contribution is -2.41. The van der Waals surface area contributed by atoms with Gasteiger partial charge in [-0.15, -0.1) is 0 Å². The van der Waals surface area contributed by atoms with E-state index in [0.29, 0.717) is 6.61 Å². The van der Waals surface area contributed by atoms with E-state index in [0.717, 1.165) is 49.6 Å². The van der Waals surface area contributed by atoms with Gasteiger partial charge in [0.05, 0.1) is 36.1 Å². The van der Waals surface area contributed by atoms with Crippen molar-refractivity contribution in [3.63, 3.8) is 0 Å². The Balaban J connectivity index is 1.43. The van der Waals surface area contributed by atoms with E-state index in [1.165, 1.54) is 0 Å². The number of ether oxygens (including phenoxy) is 2. The molecule has 0 aliphatic carbocycles. The maximum absolute atomic E-state index is 6.16. The molecule has 2 fully saturated rings. The molecule has 0 unspecified atom stereocenters. The van der Waals surface area contributed by atoms with Crippen molar-refractivity contribution in [1.29, 1.82) is 0 Å². The maximum Gasteiger partial charge on any atom is 0.498 e. The fraction of sp³-hybridized carbons (Fsp3) is 0.632. The van der Waals surface area contributed by atoms with Crippen LogP contribution in [0.4, 0.5) is 0 Å². The highest BCUT2D eigenvalue weighted by Crippen LogP contribution is 2.36. The van der Waals surface area contributed by atoms with Crippen LogP contribution in [0, 0.1) is 0 Å². The Hall–Kier alpha value is -1.61. The molecule has 7 nitrogen and oxygen atoms in total. The average molecular weight is 373 g/mol. The van der Waals surface area contributed by atoms with E-state index in [4.69, 9.17) is 18.8 Å². The highest BCUT2D eigenvalue weighted by Gasteiger charge is 2.52. The van der Waals surface area contributed by atoms with Gasteiger partial charge in [-0.3, -0.25) is 4.90 Å². The Bertz CT molecular complexity index is 785. The monoisotopic (exact) mass is 373 g/mol. The Morgan fingerprint density at radius 3 is 2.52 bits per heavy atom. The van der Waals surface area contributed by atoms with Gasteiger partial charge in [-0.25, -0.2) is 4.52 Å². The van der Waals surface area contributed by atoms with Gasteiger partial charge < -0.3 is 18.8 Å². The van der Waals surface area contributed by atoms with Crippen molar-refractivity contribution in [1.82, 2.24) is 14.5 Å². The van der Waals surface area contributed by atoms with Crippen molar-refractivity contribution < 1.29 is 18.8 Å². The molecule has 0 N–H and O–H groups in total. The van der Waals surface area contributed by atoms with Gasteiger partial charge in [0, 0.05) is 31.3 Å². The van der Waals surface area contributed by atoms with Crippen LogP contribution >= 0.6 is 0 Å². The second-order valence-electron chi connectivity index (χ2n) is 8.19. The Morgan fingerprint density at radius 2 is 1.81 bits per heavy atom. The predicted molar refractivity (Wildman–Crippen MR) is 104 cm³/mol. The summed E-state index contributed by atoms with van der Waals surface area (Å²) < 4.78 is 25.4. The molecule has 0 saturated carbocycles. The molecule has 8 heteroatoms. The van der Waals surface area contributed by atoms with Gasteiger partial charge in [-0.05, 0) is 39.8 Å². The SMILES string of the molecule is CC1(C)OB(c2cnn3cc(OCCN4CCOCC4)ccc23)OC1(C)C. The minimum atomic E-state index is -0.416. The van der Waals surface area contributed by atoms with Crippen LogP contribution in [0.3, 0.4) is 0 Å². The summed E-state index contributed by atoms with van der Waals surface area (Å²) in [7, 11) is -0.416. The quantitative estimate of drug-likeness (QED) is 0.738. The predicted octanol–water partition coefficient (Wildman–Crippen LogP) is 1.34. The zero-order valence-corrected chi connectivity index (χ0v) is 16.6. The summed E-state index contributed by atoms with van der Waals surface area (Å²) >= 11 is 0. The summed E-state index contributed by atoms with van der Waals surface area (Å²) in [6.07, 6.45) is 3.72. The van der Waals surface area contributed by atoms with Crippen molar-refractivity contribution in [2.24, 2.45) is 0 Å². The molecule has 4 heterocycles. The molecular weight excluding hydrogens is 345 g/mol. The molecule has 146 valence electrons. The molecule has 2 aromatic rings. The molecule has 0 radical (unpaired) electrons. The van der Waals surface area contributed by atoms with E-state index in [1.807, 2.05) is 29.0 Å². The minimum absolute atomic E-state index is 0.367. The first-order chi connectivity index (χ1) is 12.9. The van der Waals surface area contributed by atoms with E-state index in [1.54, 1.807) is 0 Å². The summed E-state index contributed by atoms with van der Waals surface area (Å²) in [6, 6.07) is 3.99. The van der Waals surface area contributed by atoms with Crippen LogP contribution in [0.5, 0.6) is 5.75 Å². The molecule has 2 saturated heterocycles. The third-order valence-electron chi connectivity index (χ3n) is 5.81. The standard InChI is InChI=1S/C19H28BN3O4/c1-18(2)19(3,4)27-20(26-18)16-13-21-23-14-15(5-6-17(16)23)25-12-9-22-7-10-24-11-8-22/h5-6,13-14H,7-12H2,1-4H3. The van der Waals surface area contributed by atoms with Gasteiger partial charge in [0.2, 0.25) is 0 Å². The zero-order valence-electron chi connectivity index (χ0n) is 16.6. The average Bonchev–Trinajstić information content (AvgIpc) is 3.13. The minimum Gasteiger partial charge on any atom is -0.491 e. The second-order valence-corrected chi connectivity index (χ2v) is 8.19. The third kappa shape index (κ3) is 3.71. The van der Waals surface area contributed by atoms with E-state index >= 15 is 0 Å². The molecule has 0 bridgehead atoms. The third-order valence-corrected chi connectivity index (χ3v) is 5.81. The molecule has 2 aliphatic rings. The van der Waals surface area contributed by atoms with Crippen LogP contribution in [0.1, 0.15) is 27.7 Å². The van der Waals surface area contributed by atoms with E-state index in [2.05, 4.69) is 37.7 Å². The van der Waals surface area contributed by atoms with Gasteiger partial charge in [-0.2, -0.15) is 5.10 Å². The number of fused-ring (bicyclic) bond motifs is 1. The van der Waals surface area contributed by atoms with Crippen LogP contribution in [-0.2, 0) is 14.0 Å². The largest absolute Gasteiger partial charge is 0.498 e. The molecule has 0 spiro atoms. The second kappa shape index (κ2) is 7.09. The lowest BCUT2D eigenvalue weighted by atomic mass is 9.80. The molecule has 0 atom stereocenters. The Labute approximate surface area is 160 Å². The van der Waals surface area contributed by atoms with Crippen molar-refractivity contribution >= 4 is 18.1 Å². The fourth-order valence-electron chi connectivity index (χ4n) is 3.34. The van der Waals surface area contributed by atoms with E-state index < -0.39 is 7.12 Å². The summed E-state index contributed by atoms with van der Waals surface area (Å²) in [5.41, 5.74) is 1.17. The van der Waals surface area contributed by atoms with Crippen molar-refractivity contribution in [3.8, 4) is 5.75 Å². The molecular formula is C19H28BN3O4. The van der Waals surface area contributed by atoms with Gasteiger partial charge >= 0.3 is 7.12 Å². The lowest BCUT2D eigenvalue weighted by molar-refractivity contribution is 0.00578. The van der Waals surface area contributed by atoms with Gasteiger partial charge in [0.1, 0.15) is 12.4 Å². The summed E-state index contributed by atoms with van der Waals surface area (Å²) in [5, 5.41) is 4.47. The molecule has 0 amide bonds. The van der Waals surface area contributed by atoms with Gasteiger partial charge in [-0.1, -0.05) is 0 Å². The van der Waals surface area contributed by atoms with Crippen LogP contribution in [0.25, 0.3) is 5.52 Å². The van der Waals surface area contributed by atoms with Crippen LogP contribution < -0.4 is 10.2 Å².